The number of fused-ring (bicyclic) bond motifs is 1. The minimum atomic E-state index is -3.98. The highest BCUT2D eigenvalue weighted by molar-refractivity contribution is 7.90. The summed E-state index contributed by atoms with van der Waals surface area (Å²) in [4.78, 5) is 55.5. The molecule has 3 aromatic heterocycles. The number of aromatic nitrogens is 4. The number of carbonyl (C=O) groups is 2. The molecule has 0 radical (unpaired) electrons. The summed E-state index contributed by atoms with van der Waals surface area (Å²) >= 11 is 0. The molecule has 4 aromatic rings. The second-order valence-electron chi connectivity index (χ2n) is 12.6. The number of hydrogen-bond donors (Lipinski definition) is 0. The molecule has 1 aromatic carbocycles. The molecular formula is C34H34F2N6O6S. The average molecular weight is 693 g/mol. The number of sulfone groups is 1. The first-order valence-electron chi connectivity index (χ1n) is 15.7. The highest BCUT2D eigenvalue weighted by Gasteiger charge is 2.34. The zero-order chi connectivity index (χ0) is 35.4. The first kappa shape index (κ1) is 33.8. The van der Waals surface area contributed by atoms with Gasteiger partial charge < -0.3 is 14.5 Å². The Morgan fingerprint density at radius 1 is 1.10 bits per heavy atom. The van der Waals surface area contributed by atoms with Gasteiger partial charge in [-0.15, -0.1) is 0 Å². The largest absolute Gasteiger partial charge is 0.425 e. The van der Waals surface area contributed by atoms with Crippen LogP contribution in [0.4, 0.5) is 14.6 Å². The normalized spacial score (nSPS) is 16.7. The molecule has 2 aliphatic rings. The Balaban J connectivity index is 1.67. The fraction of sp³-hybridized carbons (Fsp3) is 0.353. The Hall–Kier alpha value is -5.05. The van der Waals surface area contributed by atoms with Crippen molar-refractivity contribution in [3.05, 3.63) is 77.0 Å². The number of anilines is 1. The molecular weight excluding hydrogens is 658 g/mol. The molecule has 1 saturated heterocycles. The van der Waals surface area contributed by atoms with E-state index in [1.165, 1.54) is 30.5 Å². The summed E-state index contributed by atoms with van der Waals surface area (Å²) < 4.78 is 64.7. The highest BCUT2D eigenvalue weighted by Crippen LogP contribution is 2.39. The summed E-state index contributed by atoms with van der Waals surface area (Å²) in [5.74, 6) is -3.77. The number of hydrogen-bond acceptors (Lipinski definition) is 10. The van der Waals surface area contributed by atoms with Crippen molar-refractivity contribution < 1.29 is 31.5 Å². The van der Waals surface area contributed by atoms with Crippen molar-refractivity contribution in [2.24, 2.45) is 5.92 Å². The van der Waals surface area contributed by atoms with Gasteiger partial charge in [-0.25, -0.2) is 31.5 Å². The fourth-order valence-electron chi connectivity index (χ4n) is 6.03. The van der Waals surface area contributed by atoms with Gasteiger partial charge in [-0.05, 0) is 56.0 Å². The van der Waals surface area contributed by atoms with Gasteiger partial charge in [0.05, 0.1) is 33.1 Å². The molecule has 1 amide bonds. The second kappa shape index (κ2) is 12.8. The van der Waals surface area contributed by atoms with E-state index >= 15 is 8.78 Å². The monoisotopic (exact) mass is 692 g/mol. The standard InChI is InChI=1S/C34H34F2N6O6S/c1-6-26(43)40-14-15-41(19(4)17-40)31-21-16-23(36)29(27-22(35)8-7-9-24(27)48-33(44)20-10-11-20)38-32(21)42(34(45)39-31)30-25(49(5,46)47)12-13-37-28(30)18(2)3/h6-9,12-13,16,18-20H,1,10-11,14-15,17H2,2-5H3/t19-/m0/s1. The molecule has 15 heteroatoms. The maximum absolute atomic E-state index is 16.4. The van der Waals surface area contributed by atoms with E-state index in [4.69, 9.17) is 4.74 Å². The van der Waals surface area contributed by atoms with Gasteiger partial charge in [-0.2, -0.15) is 4.98 Å². The van der Waals surface area contributed by atoms with Crippen LogP contribution in [0, 0.1) is 17.6 Å². The van der Waals surface area contributed by atoms with Crippen molar-refractivity contribution in [2.45, 2.75) is 50.5 Å². The number of nitrogens with zero attached hydrogens (tertiary/aromatic N) is 6. The molecule has 0 spiro atoms. The van der Waals surface area contributed by atoms with Gasteiger partial charge in [0.25, 0.3) is 0 Å². The van der Waals surface area contributed by atoms with E-state index in [1.54, 1.807) is 30.6 Å². The number of esters is 1. The molecule has 0 N–H and O–H groups in total. The maximum atomic E-state index is 16.4. The molecule has 1 saturated carbocycles. The van der Waals surface area contributed by atoms with E-state index in [2.05, 4.69) is 21.5 Å². The van der Waals surface area contributed by atoms with Crippen molar-refractivity contribution in [3.8, 4) is 22.7 Å². The van der Waals surface area contributed by atoms with Crippen molar-refractivity contribution in [3.63, 3.8) is 0 Å². The SMILES string of the molecule is C=CC(=O)N1CCN(c2nc(=O)n(-c3c(S(C)(=O)=O)ccnc3C(C)C)c3nc(-c4c(F)cccc4OC(=O)C4CC4)c(F)cc23)[C@@H](C)C1. The first-order chi connectivity index (χ1) is 23.2. The van der Waals surface area contributed by atoms with Gasteiger partial charge in [-0.1, -0.05) is 26.5 Å². The molecule has 4 heterocycles. The maximum Gasteiger partial charge on any atom is 0.355 e. The van der Waals surface area contributed by atoms with E-state index in [9.17, 15) is 22.8 Å². The number of pyridine rings is 2. The number of rotatable bonds is 8. The molecule has 2 fully saturated rings. The third-order valence-electron chi connectivity index (χ3n) is 8.61. The molecule has 0 unspecified atom stereocenters. The molecule has 49 heavy (non-hydrogen) atoms. The van der Waals surface area contributed by atoms with E-state index in [0.29, 0.717) is 12.8 Å². The minimum absolute atomic E-state index is 0.0158. The molecule has 1 atom stereocenters. The lowest BCUT2D eigenvalue weighted by molar-refractivity contribution is -0.135. The van der Waals surface area contributed by atoms with E-state index in [0.717, 1.165) is 23.0 Å². The van der Waals surface area contributed by atoms with Crippen LogP contribution in [0.25, 0.3) is 28.0 Å². The van der Waals surface area contributed by atoms with Crippen molar-refractivity contribution in [2.75, 3.05) is 30.8 Å². The summed E-state index contributed by atoms with van der Waals surface area (Å²) in [6.45, 7) is 9.57. The zero-order valence-corrected chi connectivity index (χ0v) is 28.1. The Kier molecular flexibility index (Phi) is 8.81. The first-order valence-corrected chi connectivity index (χ1v) is 17.6. The number of ether oxygens (including phenoxy) is 1. The summed E-state index contributed by atoms with van der Waals surface area (Å²) in [5.41, 5.74) is -2.09. The van der Waals surface area contributed by atoms with Crippen LogP contribution < -0.4 is 15.3 Å². The fourth-order valence-corrected chi connectivity index (χ4v) is 6.89. The van der Waals surface area contributed by atoms with Gasteiger partial charge in [0.15, 0.2) is 21.3 Å². The predicted octanol–water partition coefficient (Wildman–Crippen LogP) is 4.19. The lowest BCUT2D eigenvalue weighted by Crippen LogP contribution is -2.54. The number of amides is 1. The number of carbonyl (C=O) groups excluding carboxylic acids is 2. The lowest BCUT2D eigenvalue weighted by atomic mass is 10.1. The smallest absolute Gasteiger partial charge is 0.355 e. The third kappa shape index (κ3) is 6.30. The average Bonchev–Trinajstić information content (AvgIpc) is 3.90. The Morgan fingerprint density at radius 3 is 2.47 bits per heavy atom. The van der Waals surface area contributed by atoms with E-state index in [-0.39, 0.29) is 70.3 Å². The van der Waals surface area contributed by atoms with Crippen molar-refractivity contribution in [1.82, 2.24) is 24.4 Å². The molecule has 6 rings (SSSR count). The summed E-state index contributed by atoms with van der Waals surface area (Å²) in [6.07, 6.45) is 4.74. The molecule has 12 nitrogen and oxygen atoms in total. The van der Waals surface area contributed by atoms with Gasteiger partial charge in [0.1, 0.15) is 23.1 Å². The third-order valence-corrected chi connectivity index (χ3v) is 9.73. The Morgan fingerprint density at radius 2 is 1.84 bits per heavy atom. The van der Waals surface area contributed by atoms with Crippen LogP contribution in [0.5, 0.6) is 5.75 Å². The molecule has 1 aliphatic carbocycles. The van der Waals surface area contributed by atoms with E-state index in [1.807, 2.05) is 0 Å². The van der Waals surface area contributed by atoms with Crippen LogP contribution in [-0.4, -0.2) is 76.6 Å². The number of benzene rings is 1. The zero-order valence-electron chi connectivity index (χ0n) is 27.3. The predicted molar refractivity (Wildman–Crippen MR) is 177 cm³/mol. The van der Waals surface area contributed by atoms with Gasteiger partial charge in [0, 0.05) is 38.1 Å². The van der Waals surface area contributed by atoms with Crippen molar-refractivity contribution in [1.29, 1.82) is 0 Å². The molecule has 1 aliphatic heterocycles. The van der Waals surface area contributed by atoms with Gasteiger partial charge in [-0.3, -0.25) is 14.6 Å². The van der Waals surface area contributed by atoms with Gasteiger partial charge >= 0.3 is 11.7 Å². The Labute approximate surface area is 281 Å². The summed E-state index contributed by atoms with van der Waals surface area (Å²) in [6, 6.07) is 5.59. The van der Waals surface area contributed by atoms with Gasteiger partial charge in [0.2, 0.25) is 5.91 Å². The summed E-state index contributed by atoms with van der Waals surface area (Å²) in [7, 11) is -3.98. The highest BCUT2D eigenvalue weighted by atomic mass is 32.2. The topological polar surface area (TPSA) is 145 Å². The van der Waals surface area contributed by atoms with E-state index < -0.39 is 56.3 Å². The van der Waals surface area contributed by atoms with Crippen LogP contribution >= 0.6 is 0 Å². The Bertz CT molecular complexity index is 2200. The van der Waals surface area contributed by atoms with Crippen LogP contribution in [0.1, 0.15) is 45.2 Å². The molecule has 0 bridgehead atoms. The van der Waals surface area contributed by atoms with Crippen molar-refractivity contribution >= 4 is 38.6 Å². The number of halogens is 2. The molecule has 256 valence electrons. The second-order valence-corrected chi connectivity index (χ2v) is 14.5. The minimum Gasteiger partial charge on any atom is -0.425 e. The lowest BCUT2D eigenvalue weighted by Gasteiger charge is -2.40. The van der Waals surface area contributed by atoms with Crippen LogP contribution in [0.15, 0.2) is 58.9 Å². The van der Waals surface area contributed by atoms with Crippen LogP contribution in [0.3, 0.4) is 0 Å². The quantitative estimate of drug-likeness (QED) is 0.150. The van der Waals surface area contributed by atoms with Crippen LogP contribution in [-0.2, 0) is 19.4 Å². The summed E-state index contributed by atoms with van der Waals surface area (Å²) in [5, 5.41) is 0.0158. The number of piperazine rings is 1. The van der Waals surface area contributed by atoms with Crippen LogP contribution in [0.2, 0.25) is 0 Å².